The molecule has 0 aliphatic rings. The quantitative estimate of drug-likeness (QED) is 0.443. The van der Waals surface area contributed by atoms with E-state index >= 15 is 0 Å². The van der Waals surface area contributed by atoms with Gasteiger partial charge in [-0.3, -0.25) is 18.7 Å². The van der Waals surface area contributed by atoms with Gasteiger partial charge in [0.15, 0.2) is 11.5 Å². The lowest BCUT2D eigenvalue weighted by Crippen LogP contribution is -2.43. The Morgan fingerprint density at radius 2 is 1.76 bits per heavy atom. The van der Waals surface area contributed by atoms with Gasteiger partial charge in [0.05, 0.1) is 14.2 Å². The summed E-state index contributed by atoms with van der Waals surface area (Å²) in [6.07, 6.45) is 1.37. The van der Waals surface area contributed by atoms with Gasteiger partial charge in [0, 0.05) is 25.4 Å². The van der Waals surface area contributed by atoms with E-state index in [4.69, 9.17) is 9.47 Å². The van der Waals surface area contributed by atoms with E-state index < -0.39 is 23.7 Å². The summed E-state index contributed by atoms with van der Waals surface area (Å²) in [4.78, 5) is 47.1. The highest BCUT2D eigenvalue weighted by molar-refractivity contribution is 5.78. The van der Waals surface area contributed by atoms with E-state index in [1.807, 2.05) is 12.1 Å². The smallest absolute Gasteiger partial charge is 0.332 e. The Morgan fingerprint density at radius 1 is 1.03 bits per heavy atom. The number of nitrogens with one attached hydrogen (secondary N) is 1. The molecule has 2 heterocycles. The maximum Gasteiger partial charge on any atom is 0.332 e. The van der Waals surface area contributed by atoms with E-state index in [1.165, 1.54) is 17.8 Å². The standard InChI is InChI=1S/C24H23N5O5/c1-28-22-19(13-26-21(27-22)16-7-9-17(33-2)10-8-16)23(31)29(24(28)32)14-20(30)25-12-15-5-4-6-18(11-15)34-3/h4-11,13H,12,14H2,1-3H3,(H,25,30). The summed E-state index contributed by atoms with van der Waals surface area (Å²) in [5.41, 5.74) is 0.440. The number of hydrogen-bond donors (Lipinski definition) is 1. The first kappa shape index (κ1) is 22.7. The molecule has 0 aliphatic carbocycles. The monoisotopic (exact) mass is 461 g/mol. The molecule has 0 spiro atoms. The zero-order valence-corrected chi connectivity index (χ0v) is 18.9. The number of aryl methyl sites for hydroxylation is 1. The van der Waals surface area contributed by atoms with Gasteiger partial charge in [0.25, 0.3) is 5.56 Å². The fraction of sp³-hybridized carbons (Fsp3) is 0.208. The molecule has 2 aromatic heterocycles. The van der Waals surface area contributed by atoms with Gasteiger partial charge in [-0.05, 0) is 42.0 Å². The molecule has 0 fully saturated rings. The Kier molecular flexibility index (Phi) is 6.39. The van der Waals surface area contributed by atoms with Crippen molar-refractivity contribution in [2.45, 2.75) is 13.1 Å². The van der Waals surface area contributed by atoms with Crippen molar-refractivity contribution in [2.24, 2.45) is 7.05 Å². The number of methoxy groups -OCH3 is 2. The first-order chi connectivity index (χ1) is 16.4. The summed E-state index contributed by atoms with van der Waals surface area (Å²) in [6, 6.07) is 14.3. The molecule has 2 aromatic carbocycles. The van der Waals surface area contributed by atoms with Gasteiger partial charge in [-0.2, -0.15) is 0 Å². The summed E-state index contributed by atoms with van der Waals surface area (Å²) >= 11 is 0. The fourth-order valence-corrected chi connectivity index (χ4v) is 3.48. The van der Waals surface area contributed by atoms with Crippen molar-refractivity contribution in [3.05, 3.63) is 81.1 Å². The number of carbonyl (C=O) groups is 1. The maximum atomic E-state index is 13.0. The van der Waals surface area contributed by atoms with E-state index in [2.05, 4.69) is 15.3 Å². The number of nitrogens with zero attached hydrogens (tertiary/aromatic N) is 4. The Bertz CT molecular complexity index is 1470. The Hall–Kier alpha value is -4.47. The number of benzene rings is 2. The van der Waals surface area contributed by atoms with Gasteiger partial charge >= 0.3 is 5.69 Å². The SMILES string of the molecule is COc1ccc(-c2ncc3c(=O)n(CC(=O)NCc4cccc(OC)c4)c(=O)n(C)c3n2)cc1. The summed E-state index contributed by atoms with van der Waals surface area (Å²) < 4.78 is 12.4. The van der Waals surface area contributed by atoms with Crippen LogP contribution in [0, 0.1) is 0 Å². The highest BCUT2D eigenvalue weighted by Gasteiger charge is 2.16. The zero-order chi connectivity index (χ0) is 24.2. The van der Waals surface area contributed by atoms with Crippen molar-refractivity contribution in [3.8, 4) is 22.9 Å². The zero-order valence-electron chi connectivity index (χ0n) is 18.9. The minimum absolute atomic E-state index is 0.139. The number of ether oxygens (including phenoxy) is 2. The normalized spacial score (nSPS) is 10.8. The van der Waals surface area contributed by atoms with Gasteiger partial charge in [-0.25, -0.2) is 14.8 Å². The van der Waals surface area contributed by atoms with Crippen LogP contribution in [0.1, 0.15) is 5.56 Å². The summed E-state index contributed by atoms with van der Waals surface area (Å²) in [7, 11) is 4.63. The highest BCUT2D eigenvalue weighted by atomic mass is 16.5. The largest absolute Gasteiger partial charge is 0.497 e. The van der Waals surface area contributed by atoms with Crippen LogP contribution < -0.4 is 26.0 Å². The molecular weight excluding hydrogens is 438 g/mol. The molecule has 174 valence electrons. The topological polar surface area (TPSA) is 117 Å². The van der Waals surface area contributed by atoms with Crippen LogP contribution in [0.15, 0.2) is 64.3 Å². The van der Waals surface area contributed by atoms with E-state index in [1.54, 1.807) is 50.6 Å². The van der Waals surface area contributed by atoms with Gasteiger partial charge in [0.1, 0.15) is 23.4 Å². The van der Waals surface area contributed by atoms with Gasteiger partial charge in [0.2, 0.25) is 5.91 Å². The summed E-state index contributed by atoms with van der Waals surface area (Å²) in [6.45, 7) is -0.196. The average Bonchev–Trinajstić information content (AvgIpc) is 2.88. The number of hydrogen-bond acceptors (Lipinski definition) is 7. The van der Waals surface area contributed by atoms with Crippen molar-refractivity contribution in [2.75, 3.05) is 14.2 Å². The molecule has 0 radical (unpaired) electrons. The lowest BCUT2D eigenvalue weighted by atomic mass is 10.2. The lowest BCUT2D eigenvalue weighted by molar-refractivity contribution is -0.121. The predicted molar refractivity (Wildman–Crippen MR) is 126 cm³/mol. The number of fused-ring (bicyclic) bond motifs is 1. The summed E-state index contributed by atoms with van der Waals surface area (Å²) in [5, 5.41) is 2.86. The first-order valence-corrected chi connectivity index (χ1v) is 10.4. The number of rotatable bonds is 7. The molecule has 0 bridgehead atoms. The molecule has 0 saturated heterocycles. The van der Waals surface area contributed by atoms with Crippen LogP contribution in [0.25, 0.3) is 22.4 Å². The molecule has 34 heavy (non-hydrogen) atoms. The fourth-order valence-electron chi connectivity index (χ4n) is 3.48. The van der Waals surface area contributed by atoms with Crippen LogP contribution in [0.2, 0.25) is 0 Å². The Balaban J connectivity index is 1.60. The Morgan fingerprint density at radius 3 is 2.47 bits per heavy atom. The maximum absolute atomic E-state index is 13.0. The molecule has 10 nitrogen and oxygen atoms in total. The third-order valence-corrected chi connectivity index (χ3v) is 5.35. The van der Waals surface area contributed by atoms with Gasteiger partial charge in [-0.15, -0.1) is 0 Å². The molecule has 10 heteroatoms. The van der Waals surface area contributed by atoms with Crippen molar-refractivity contribution in [1.29, 1.82) is 0 Å². The van der Waals surface area contributed by atoms with Crippen LogP contribution in [-0.2, 0) is 24.9 Å². The Labute approximate surface area is 194 Å². The van der Waals surface area contributed by atoms with Crippen molar-refractivity contribution < 1.29 is 14.3 Å². The average molecular weight is 461 g/mol. The van der Waals surface area contributed by atoms with Gasteiger partial charge in [-0.1, -0.05) is 12.1 Å². The molecule has 4 rings (SSSR count). The molecule has 0 aliphatic heterocycles. The van der Waals surface area contributed by atoms with Crippen molar-refractivity contribution in [1.82, 2.24) is 24.4 Å². The third-order valence-electron chi connectivity index (χ3n) is 5.35. The lowest BCUT2D eigenvalue weighted by Gasteiger charge is -2.11. The van der Waals surface area contributed by atoms with E-state index in [0.717, 1.165) is 10.1 Å². The molecule has 1 amide bonds. The predicted octanol–water partition coefficient (Wildman–Crippen LogP) is 1.49. The molecule has 0 atom stereocenters. The van der Waals surface area contributed by atoms with Crippen LogP contribution in [0.5, 0.6) is 11.5 Å². The minimum Gasteiger partial charge on any atom is -0.497 e. The number of amides is 1. The molecular formula is C24H23N5O5. The van der Waals surface area contributed by atoms with Crippen LogP contribution in [0.3, 0.4) is 0 Å². The second-order valence-electron chi connectivity index (χ2n) is 7.52. The second kappa shape index (κ2) is 9.57. The number of carbonyl (C=O) groups excluding carboxylic acids is 1. The number of aromatic nitrogens is 4. The van der Waals surface area contributed by atoms with Crippen LogP contribution in [-0.4, -0.2) is 39.2 Å². The van der Waals surface area contributed by atoms with Gasteiger partial charge < -0.3 is 14.8 Å². The molecule has 1 N–H and O–H groups in total. The van der Waals surface area contributed by atoms with E-state index in [9.17, 15) is 14.4 Å². The van der Waals surface area contributed by atoms with Crippen LogP contribution >= 0.6 is 0 Å². The molecule has 4 aromatic rings. The minimum atomic E-state index is -0.645. The molecule has 0 unspecified atom stereocenters. The summed E-state index contributed by atoms with van der Waals surface area (Å²) in [5.74, 6) is 1.24. The second-order valence-corrected chi connectivity index (χ2v) is 7.52. The first-order valence-electron chi connectivity index (χ1n) is 10.4. The van der Waals surface area contributed by atoms with Crippen molar-refractivity contribution in [3.63, 3.8) is 0 Å². The van der Waals surface area contributed by atoms with Crippen molar-refractivity contribution >= 4 is 16.9 Å². The molecule has 0 saturated carbocycles. The van der Waals surface area contributed by atoms with Crippen LogP contribution in [0.4, 0.5) is 0 Å². The van der Waals surface area contributed by atoms with E-state index in [-0.39, 0.29) is 17.6 Å². The van der Waals surface area contributed by atoms with E-state index in [0.29, 0.717) is 22.9 Å². The highest BCUT2D eigenvalue weighted by Crippen LogP contribution is 2.20. The third kappa shape index (κ3) is 4.51.